The first-order chi connectivity index (χ1) is 14.8. The van der Waals surface area contributed by atoms with Crippen molar-refractivity contribution < 1.29 is 31.3 Å². The van der Waals surface area contributed by atoms with Crippen LogP contribution in [0.3, 0.4) is 0 Å². The summed E-state index contributed by atoms with van der Waals surface area (Å²) in [6.07, 6.45) is -4.27. The Morgan fingerprint density at radius 1 is 1.25 bits per heavy atom. The Bertz CT molecular complexity index is 993. The molecule has 2 aliphatic heterocycles. The number of amides is 1. The van der Waals surface area contributed by atoms with Gasteiger partial charge in [-0.15, -0.1) is 0 Å². The molecule has 0 spiro atoms. The number of piperazine rings is 1. The van der Waals surface area contributed by atoms with Crippen LogP contribution >= 0.6 is 0 Å². The summed E-state index contributed by atoms with van der Waals surface area (Å²) in [6, 6.07) is 1.60. The fourth-order valence-corrected chi connectivity index (χ4v) is 5.95. The van der Waals surface area contributed by atoms with E-state index in [1.54, 1.807) is 18.9 Å². The van der Waals surface area contributed by atoms with Gasteiger partial charge >= 0.3 is 6.18 Å². The lowest BCUT2D eigenvalue weighted by molar-refractivity contribution is -0.384. The van der Waals surface area contributed by atoms with E-state index in [2.05, 4.69) is 0 Å². The lowest BCUT2D eigenvalue weighted by atomic mass is 10.1. The minimum Gasteiger partial charge on any atom is -0.363 e. The highest BCUT2D eigenvalue weighted by Crippen LogP contribution is 2.36. The number of alkyl halides is 3. The second kappa shape index (κ2) is 8.85. The van der Waals surface area contributed by atoms with Gasteiger partial charge in [0.25, 0.3) is 5.69 Å². The Kier molecular flexibility index (Phi) is 6.70. The zero-order valence-electron chi connectivity index (χ0n) is 17.7. The molecule has 2 aliphatic rings. The molecule has 1 aromatic carbocycles. The summed E-state index contributed by atoms with van der Waals surface area (Å²) in [4.78, 5) is 28.4. The molecule has 1 amide bonds. The van der Waals surface area contributed by atoms with Crippen molar-refractivity contribution in [3.05, 3.63) is 33.9 Å². The Balaban J connectivity index is 1.66. The third-order valence-corrected chi connectivity index (χ3v) is 7.91. The van der Waals surface area contributed by atoms with Gasteiger partial charge in [-0.1, -0.05) is 0 Å². The van der Waals surface area contributed by atoms with Crippen LogP contribution in [0.15, 0.2) is 18.2 Å². The number of sulfone groups is 1. The molecule has 0 N–H and O–H groups in total. The Hall–Kier alpha value is -2.41. The van der Waals surface area contributed by atoms with Crippen LogP contribution in [0.5, 0.6) is 0 Å². The van der Waals surface area contributed by atoms with Gasteiger partial charge in [-0.25, -0.2) is 8.42 Å². The molecule has 2 saturated heterocycles. The van der Waals surface area contributed by atoms with Crippen molar-refractivity contribution in [2.75, 3.05) is 49.6 Å². The largest absolute Gasteiger partial charge is 0.416 e. The van der Waals surface area contributed by atoms with Crippen LogP contribution < -0.4 is 4.90 Å². The van der Waals surface area contributed by atoms with Gasteiger partial charge in [0.2, 0.25) is 5.91 Å². The van der Waals surface area contributed by atoms with Gasteiger partial charge in [-0.05, 0) is 25.5 Å². The van der Waals surface area contributed by atoms with Crippen molar-refractivity contribution in [2.24, 2.45) is 0 Å². The fraction of sp³-hybridized carbons (Fsp3) is 0.632. The number of anilines is 1. The van der Waals surface area contributed by atoms with Crippen LogP contribution in [-0.4, -0.2) is 85.9 Å². The van der Waals surface area contributed by atoms with E-state index in [9.17, 15) is 36.5 Å². The minimum absolute atomic E-state index is 0.0483. The summed E-state index contributed by atoms with van der Waals surface area (Å²) in [5.41, 5.74) is -1.59. The van der Waals surface area contributed by atoms with Crippen molar-refractivity contribution in [2.45, 2.75) is 31.6 Å². The van der Waals surface area contributed by atoms with E-state index in [1.807, 2.05) is 4.90 Å². The monoisotopic (exact) mass is 478 g/mol. The smallest absolute Gasteiger partial charge is 0.363 e. The van der Waals surface area contributed by atoms with E-state index in [1.165, 1.54) is 4.90 Å². The van der Waals surface area contributed by atoms with Gasteiger partial charge in [0.05, 0.1) is 28.0 Å². The summed E-state index contributed by atoms with van der Waals surface area (Å²) in [6.45, 7) is 3.07. The Morgan fingerprint density at radius 3 is 2.38 bits per heavy atom. The zero-order chi connectivity index (χ0) is 23.8. The molecule has 2 heterocycles. The maximum atomic E-state index is 12.9. The Morgan fingerprint density at radius 2 is 1.88 bits per heavy atom. The van der Waals surface area contributed by atoms with Crippen molar-refractivity contribution in [3.8, 4) is 0 Å². The van der Waals surface area contributed by atoms with Gasteiger partial charge < -0.3 is 9.80 Å². The number of carbonyl (C=O) groups excluding carboxylic acids is 1. The lowest BCUT2D eigenvalue weighted by Gasteiger charge is -2.39. The number of likely N-dealkylation sites (N-methyl/N-ethyl adjacent to an activating group) is 1. The number of hydrogen-bond acceptors (Lipinski definition) is 7. The number of halogens is 3. The molecule has 0 unspecified atom stereocenters. The molecule has 0 radical (unpaired) electrons. The van der Waals surface area contributed by atoms with Crippen molar-refractivity contribution in [1.82, 2.24) is 9.80 Å². The highest BCUT2D eigenvalue weighted by molar-refractivity contribution is 7.91. The average molecular weight is 478 g/mol. The average Bonchev–Trinajstić information content (AvgIpc) is 3.10. The first-order valence-corrected chi connectivity index (χ1v) is 11.9. The van der Waals surface area contributed by atoms with E-state index < -0.39 is 38.2 Å². The van der Waals surface area contributed by atoms with Crippen LogP contribution in [0, 0.1) is 10.1 Å². The normalized spacial score (nSPS) is 22.5. The standard InChI is InChI=1S/C19H25F3N4O5S/c1-13(18(27)23(2)15-5-10-32(30,31)12-15)24-6-8-25(9-7-24)16-4-3-14(19(20,21)22)11-17(16)26(28)29/h3-4,11,13,15H,5-10,12H2,1-2H3/t13-,15+/m0/s1. The highest BCUT2D eigenvalue weighted by Gasteiger charge is 2.37. The minimum atomic E-state index is -4.68. The maximum absolute atomic E-state index is 12.9. The van der Waals surface area contributed by atoms with Crippen LogP contribution in [0.2, 0.25) is 0 Å². The van der Waals surface area contributed by atoms with Gasteiger partial charge in [0.15, 0.2) is 9.84 Å². The van der Waals surface area contributed by atoms with Gasteiger partial charge in [-0.3, -0.25) is 19.8 Å². The quantitative estimate of drug-likeness (QED) is 0.469. The summed E-state index contributed by atoms with van der Waals surface area (Å²) < 4.78 is 62.2. The maximum Gasteiger partial charge on any atom is 0.416 e. The molecule has 2 fully saturated rings. The van der Waals surface area contributed by atoms with Crippen molar-refractivity contribution >= 4 is 27.1 Å². The lowest BCUT2D eigenvalue weighted by Crippen LogP contribution is -2.55. The topological polar surface area (TPSA) is 104 Å². The molecule has 13 heteroatoms. The van der Waals surface area contributed by atoms with Crippen LogP contribution in [0.4, 0.5) is 24.5 Å². The predicted molar refractivity (Wildman–Crippen MR) is 111 cm³/mol. The molecule has 9 nitrogen and oxygen atoms in total. The molecule has 32 heavy (non-hydrogen) atoms. The van der Waals surface area contributed by atoms with Crippen molar-refractivity contribution in [1.29, 1.82) is 0 Å². The SMILES string of the molecule is C[C@@H](C(=O)N(C)[C@@H]1CCS(=O)(=O)C1)N1CCN(c2ccc(C(F)(F)F)cc2[N+](=O)[O-])CC1. The number of carbonyl (C=O) groups is 1. The van der Waals surface area contributed by atoms with Crippen LogP contribution in [0.1, 0.15) is 18.9 Å². The zero-order valence-corrected chi connectivity index (χ0v) is 18.5. The first-order valence-electron chi connectivity index (χ1n) is 10.1. The van der Waals surface area contributed by atoms with E-state index in [0.717, 1.165) is 12.1 Å². The second-order valence-electron chi connectivity index (χ2n) is 8.16. The third-order valence-electron chi connectivity index (χ3n) is 6.16. The Labute approximate surface area is 183 Å². The molecule has 2 atom stereocenters. The molecule has 0 saturated carbocycles. The number of hydrogen-bond donors (Lipinski definition) is 0. The fourth-order valence-electron chi connectivity index (χ4n) is 4.18. The number of nitro benzene ring substituents is 1. The number of nitrogens with zero attached hydrogens (tertiary/aromatic N) is 4. The molecule has 3 rings (SSSR count). The van der Waals surface area contributed by atoms with Gasteiger partial charge in [0.1, 0.15) is 5.69 Å². The van der Waals surface area contributed by atoms with Crippen LogP contribution in [0.25, 0.3) is 0 Å². The molecular formula is C19H25F3N4O5S. The molecule has 0 bridgehead atoms. The van der Waals surface area contributed by atoms with Crippen LogP contribution in [-0.2, 0) is 20.8 Å². The van der Waals surface area contributed by atoms with E-state index in [4.69, 9.17) is 0 Å². The molecule has 1 aromatic rings. The molecular weight excluding hydrogens is 453 g/mol. The summed E-state index contributed by atoms with van der Waals surface area (Å²) >= 11 is 0. The van der Waals surface area contributed by atoms with Gasteiger partial charge in [-0.2, -0.15) is 13.2 Å². The van der Waals surface area contributed by atoms with Crippen molar-refractivity contribution in [3.63, 3.8) is 0 Å². The number of benzene rings is 1. The first kappa shape index (κ1) is 24.2. The highest BCUT2D eigenvalue weighted by atomic mass is 32.2. The van der Waals surface area contributed by atoms with E-state index >= 15 is 0 Å². The number of nitro groups is 1. The van der Waals surface area contributed by atoms with E-state index in [-0.39, 0.29) is 29.1 Å². The third kappa shape index (κ3) is 5.14. The number of rotatable bonds is 5. The second-order valence-corrected chi connectivity index (χ2v) is 10.4. The summed E-state index contributed by atoms with van der Waals surface area (Å²) in [7, 11) is -1.54. The molecule has 178 valence electrons. The molecule has 0 aliphatic carbocycles. The van der Waals surface area contributed by atoms with Gasteiger partial charge in [0, 0.05) is 45.3 Å². The molecule has 0 aromatic heterocycles. The predicted octanol–water partition coefficient (Wildman–Crippen LogP) is 1.77. The summed E-state index contributed by atoms with van der Waals surface area (Å²) in [5.74, 6) is -0.192. The van der Waals surface area contributed by atoms with E-state index in [0.29, 0.717) is 38.7 Å². The summed E-state index contributed by atoms with van der Waals surface area (Å²) in [5, 5.41) is 11.4.